The summed E-state index contributed by atoms with van der Waals surface area (Å²) in [5.41, 5.74) is 8.17. The van der Waals surface area contributed by atoms with E-state index in [0.29, 0.717) is 19.3 Å². The number of rotatable bonds is 20. The molecule has 11 rings (SSSR count). The van der Waals surface area contributed by atoms with Crippen LogP contribution in [0.4, 0.5) is 34.5 Å². The van der Waals surface area contributed by atoms with Crippen LogP contribution in [0.3, 0.4) is 0 Å². The van der Waals surface area contributed by atoms with Crippen molar-refractivity contribution in [2.45, 2.75) is 51.9 Å². The van der Waals surface area contributed by atoms with E-state index in [1.165, 1.54) is 25.6 Å². The highest BCUT2D eigenvalue weighted by Crippen LogP contribution is 2.29. The molecule has 0 saturated carbocycles. The maximum Gasteiger partial charge on any atom is 0.159 e. The van der Waals surface area contributed by atoms with Crippen LogP contribution in [0, 0.1) is 0 Å². The van der Waals surface area contributed by atoms with Gasteiger partial charge in [-0.25, -0.2) is 29.9 Å². The number of hydrogen-bond donors (Lipinski definition) is 3. The Morgan fingerprint density at radius 1 is 0.459 bits per heavy atom. The standard InChI is InChI=1S/C24H25BrN4O.C23H23BrN4O2.C20H18BrN3O/c25-19-6-4-7-20(16-19)28-24-22-15-18(9-10-23(22)26-17-27-24)14-21(30)8-5-13-29-11-2-1-3-12-29;24-18-3-1-4-19(15-18)27-23-21-14-17(6-7-22(21)25-16-26-23)13-20(29)5-2-8-28-9-11-30-12-10-28;1-2-3-7-17(25)10-14-8-9-19-18(11-14)20(23-13-22-19)24-16-6-4-5-15(21)12-16/h4-10,15-17H,1-3,11-14H2,(H,26,27,28);1-7,14-16H,8-13H2,(H,25,26,27);3-9,11-13H,2,10H2,1H3,(H,22,23,24)/b8-5+;5-2+;7-3+. The summed E-state index contributed by atoms with van der Waals surface area (Å²) in [6, 6.07) is 41.3. The van der Waals surface area contributed by atoms with Crippen molar-refractivity contribution in [1.82, 2.24) is 39.7 Å². The van der Waals surface area contributed by atoms with Crippen LogP contribution in [-0.2, 0) is 38.4 Å². The average molecular weight is 1330 g/mol. The van der Waals surface area contributed by atoms with E-state index in [4.69, 9.17) is 4.74 Å². The summed E-state index contributed by atoms with van der Waals surface area (Å²) < 4.78 is 8.32. The minimum absolute atomic E-state index is 0.0842. The van der Waals surface area contributed by atoms with Crippen LogP contribution >= 0.6 is 47.8 Å². The first-order valence-corrected chi connectivity index (χ1v) is 30.8. The Hall–Kier alpha value is -7.71. The Labute approximate surface area is 521 Å². The maximum atomic E-state index is 12.4. The van der Waals surface area contributed by atoms with Gasteiger partial charge in [0.15, 0.2) is 17.3 Å². The van der Waals surface area contributed by atoms with E-state index < -0.39 is 0 Å². The predicted octanol–water partition coefficient (Wildman–Crippen LogP) is 14.6. The number of benzene rings is 6. The number of allylic oxidation sites excluding steroid dienone is 4. The van der Waals surface area contributed by atoms with Crippen LogP contribution in [0.15, 0.2) is 196 Å². The van der Waals surface area contributed by atoms with Gasteiger partial charge >= 0.3 is 0 Å². The molecule has 0 spiro atoms. The number of morpholine rings is 1. The zero-order valence-corrected chi connectivity index (χ0v) is 52.0. The second-order valence-electron chi connectivity index (χ2n) is 20.4. The molecule has 0 bridgehead atoms. The first kappa shape index (κ1) is 61.8. The van der Waals surface area contributed by atoms with Crippen molar-refractivity contribution in [2.24, 2.45) is 0 Å². The van der Waals surface area contributed by atoms with E-state index in [-0.39, 0.29) is 17.3 Å². The summed E-state index contributed by atoms with van der Waals surface area (Å²) in [5, 5.41) is 12.7. The SMILES string of the molecule is CC/C=C/C(=O)Cc1ccc2ncnc(Nc3cccc(Br)c3)c2c1.O=C(/C=C/CN1CCCCC1)Cc1ccc2ncnc(Nc3cccc(Br)c3)c2c1.O=C(/C=C/CN1CCOCC1)Cc1ccc2ncnc(Nc3cccc(Br)c3)c2c1. The molecule has 6 aromatic carbocycles. The predicted molar refractivity (Wildman–Crippen MR) is 352 cm³/mol. The van der Waals surface area contributed by atoms with Crippen LogP contribution in [0.1, 0.15) is 49.3 Å². The number of nitrogens with one attached hydrogen (secondary N) is 3. The summed E-state index contributed by atoms with van der Waals surface area (Å²) in [7, 11) is 0. The van der Waals surface area contributed by atoms with Gasteiger partial charge in [0.25, 0.3) is 0 Å². The fourth-order valence-corrected chi connectivity index (χ4v) is 10.9. The first-order chi connectivity index (χ1) is 41.5. The monoisotopic (exact) mass is 1330 g/mol. The minimum atomic E-state index is 0.0842. The second kappa shape index (κ2) is 32.0. The molecule has 2 aliphatic heterocycles. The molecular formula is C67H66Br3N11O4. The van der Waals surface area contributed by atoms with Crippen molar-refractivity contribution in [3.8, 4) is 0 Å². The lowest BCUT2D eigenvalue weighted by Crippen LogP contribution is -2.36. The molecule has 3 aromatic heterocycles. The van der Waals surface area contributed by atoms with E-state index in [1.54, 1.807) is 30.9 Å². The quantitative estimate of drug-likeness (QED) is 0.0613. The summed E-state index contributed by atoms with van der Waals surface area (Å²) >= 11 is 10.4. The van der Waals surface area contributed by atoms with Crippen molar-refractivity contribution in [3.05, 3.63) is 213 Å². The third-order valence-corrected chi connectivity index (χ3v) is 15.4. The molecule has 5 heterocycles. The topological polar surface area (TPSA) is 180 Å². The molecule has 18 heteroatoms. The largest absolute Gasteiger partial charge is 0.379 e. The first-order valence-electron chi connectivity index (χ1n) is 28.4. The van der Waals surface area contributed by atoms with Gasteiger partial charge in [0.1, 0.15) is 36.4 Å². The van der Waals surface area contributed by atoms with Crippen LogP contribution in [0.5, 0.6) is 0 Å². The minimum Gasteiger partial charge on any atom is -0.379 e. The number of likely N-dealkylation sites (tertiary alicyclic amines) is 1. The number of carbonyl (C=O) groups is 3. The van der Waals surface area contributed by atoms with E-state index >= 15 is 0 Å². The number of nitrogens with zero attached hydrogens (tertiary/aromatic N) is 8. The van der Waals surface area contributed by atoms with Crippen LogP contribution in [0.2, 0.25) is 0 Å². The van der Waals surface area contributed by atoms with Crippen molar-refractivity contribution < 1.29 is 19.1 Å². The summed E-state index contributed by atoms with van der Waals surface area (Å²) in [6.45, 7) is 9.27. The molecule has 0 amide bonds. The van der Waals surface area contributed by atoms with Gasteiger partial charge in [-0.2, -0.15) is 0 Å². The molecule has 2 saturated heterocycles. The van der Waals surface area contributed by atoms with Gasteiger partial charge in [0.05, 0.1) is 29.8 Å². The van der Waals surface area contributed by atoms with E-state index in [9.17, 15) is 14.4 Å². The number of ketones is 3. The van der Waals surface area contributed by atoms with E-state index in [2.05, 4.69) is 103 Å². The second-order valence-corrected chi connectivity index (χ2v) is 23.2. The Morgan fingerprint density at radius 3 is 1.19 bits per heavy atom. The number of ether oxygens (including phenoxy) is 1. The third kappa shape index (κ3) is 19.4. The number of carbonyl (C=O) groups excluding carboxylic acids is 3. The van der Waals surface area contributed by atoms with Gasteiger partial charge in [-0.1, -0.05) is 116 Å². The number of anilines is 6. The van der Waals surface area contributed by atoms with Gasteiger partial charge in [-0.3, -0.25) is 24.2 Å². The Bertz CT molecular complexity index is 3680. The third-order valence-electron chi connectivity index (χ3n) is 13.9. The lowest BCUT2D eigenvalue weighted by molar-refractivity contribution is -0.114. The zero-order valence-electron chi connectivity index (χ0n) is 47.3. The van der Waals surface area contributed by atoms with Crippen molar-refractivity contribution in [2.75, 3.05) is 68.4 Å². The van der Waals surface area contributed by atoms with E-state index in [0.717, 1.165) is 156 Å². The van der Waals surface area contributed by atoms with Crippen LogP contribution in [0.25, 0.3) is 32.7 Å². The summed E-state index contributed by atoms with van der Waals surface area (Å²) in [4.78, 5) is 67.7. The van der Waals surface area contributed by atoms with Gasteiger partial charge in [0, 0.05) is 92.1 Å². The van der Waals surface area contributed by atoms with Crippen LogP contribution < -0.4 is 16.0 Å². The normalized spacial score (nSPS) is 13.8. The van der Waals surface area contributed by atoms with Crippen molar-refractivity contribution in [1.29, 1.82) is 0 Å². The number of halogens is 3. The van der Waals surface area contributed by atoms with Crippen molar-refractivity contribution >= 4 is 132 Å². The Balaban J connectivity index is 0.000000153. The lowest BCUT2D eigenvalue weighted by atomic mass is 10.1. The molecule has 2 aliphatic rings. The average Bonchev–Trinajstić information content (AvgIpc) is 3.00. The molecule has 2 fully saturated rings. The fourth-order valence-electron chi connectivity index (χ4n) is 9.67. The fraction of sp³-hybridized carbons (Fsp3) is 0.239. The molecule has 0 atom stereocenters. The van der Waals surface area contributed by atoms with Gasteiger partial charge in [-0.05, 0) is 158 Å². The maximum absolute atomic E-state index is 12.4. The smallest absolute Gasteiger partial charge is 0.159 e. The molecule has 0 aliphatic carbocycles. The number of hydrogen-bond acceptors (Lipinski definition) is 15. The molecule has 0 radical (unpaired) electrons. The van der Waals surface area contributed by atoms with Gasteiger partial charge in [-0.15, -0.1) is 0 Å². The lowest BCUT2D eigenvalue weighted by Gasteiger charge is -2.25. The molecular weight excluding hydrogens is 1260 g/mol. The van der Waals surface area contributed by atoms with Gasteiger partial charge < -0.3 is 20.7 Å². The van der Waals surface area contributed by atoms with E-state index in [1.807, 2.05) is 153 Å². The zero-order chi connectivity index (χ0) is 59.2. The number of aromatic nitrogens is 6. The summed E-state index contributed by atoms with van der Waals surface area (Å²) in [5.74, 6) is 2.47. The highest BCUT2D eigenvalue weighted by atomic mass is 79.9. The Morgan fingerprint density at radius 2 is 0.824 bits per heavy atom. The van der Waals surface area contributed by atoms with Crippen LogP contribution in [-0.4, -0.2) is 110 Å². The highest BCUT2D eigenvalue weighted by Gasteiger charge is 2.14. The molecule has 85 heavy (non-hydrogen) atoms. The van der Waals surface area contributed by atoms with Crippen molar-refractivity contribution in [3.63, 3.8) is 0 Å². The molecule has 0 unspecified atom stereocenters. The highest BCUT2D eigenvalue weighted by molar-refractivity contribution is 9.11. The molecule has 15 nitrogen and oxygen atoms in total. The summed E-state index contributed by atoms with van der Waals surface area (Å²) in [6.07, 6.45) is 21.3. The molecule has 434 valence electrons. The Kier molecular flexibility index (Phi) is 23.3. The molecule has 3 N–H and O–H groups in total. The molecule has 9 aromatic rings. The van der Waals surface area contributed by atoms with Gasteiger partial charge in [0.2, 0.25) is 0 Å². The number of piperidine rings is 1. The number of fused-ring (bicyclic) bond motifs is 3.